The Kier molecular flexibility index (Phi) is 50.1. The van der Waals surface area contributed by atoms with Crippen LogP contribution < -0.4 is 9.31 Å². The number of carbonyl (C=O) groups is 5. The van der Waals surface area contributed by atoms with E-state index in [0.717, 1.165) is 45.4 Å². The summed E-state index contributed by atoms with van der Waals surface area (Å²) in [5.41, 5.74) is 7.03. The number of hydrogen-bond donors (Lipinski definition) is 4. The van der Waals surface area contributed by atoms with Crippen molar-refractivity contribution in [2.75, 3.05) is 13.1 Å². The molecule has 0 bridgehead atoms. The highest BCUT2D eigenvalue weighted by Gasteiger charge is 2.59. The molecule has 691 valence electrons. The van der Waals surface area contributed by atoms with Gasteiger partial charge in [0.05, 0.1) is 11.1 Å². The summed E-state index contributed by atoms with van der Waals surface area (Å²) in [4.78, 5) is 59.2. The fourth-order valence-corrected chi connectivity index (χ4v) is 15.4. The number of aliphatic hydroxyl groups excluding tert-OH is 3. The van der Waals surface area contributed by atoms with Crippen molar-refractivity contribution in [2.45, 2.75) is 178 Å². The maximum atomic E-state index is 11.6. The molecule has 4 fully saturated rings. The molecule has 10 aromatic carbocycles. The lowest BCUT2D eigenvalue weighted by Gasteiger charge is -2.36. The van der Waals surface area contributed by atoms with Gasteiger partial charge in [0.15, 0.2) is 0 Å². The van der Waals surface area contributed by atoms with Crippen molar-refractivity contribution in [3.05, 3.63) is 347 Å². The van der Waals surface area contributed by atoms with Crippen LogP contribution in [-0.2, 0) is 55.1 Å². The molecule has 6 heterocycles. The van der Waals surface area contributed by atoms with Crippen molar-refractivity contribution in [3.8, 4) is 11.5 Å². The maximum Gasteiger partial charge on any atom is 0.658 e. The third kappa shape index (κ3) is 34.0. The fourth-order valence-electron chi connectivity index (χ4n) is 14.0. The molecule has 10 aromatic rings. The number of ether oxygens (including phenoxy) is 3. The number of alkyl halides is 12. The third-order valence-corrected chi connectivity index (χ3v) is 21.4. The van der Waals surface area contributed by atoms with Crippen LogP contribution >= 0.6 is 139 Å². The number of Topliss-reactive ketones (excluding diaryl/α,β-unsaturated/α-hetero) is 1. The molecular formula is C96H108B3Cl12N2O16. The van der Waals surface area contributed by atoms with Crippen LogP contribution in [0.2, 0.25) is 13.6 Å². The second-order valence-corrected chi connectivity index (χ2v) is 36.8. The second kappa shape index (κ2) is 56.7. The van der Waals surface area contributed by atoms with Crippen LogP contribution in [0, 0.1) is 0 Å². The molecule has 0 amide bonds. The van der Waals surface area contributed by atoms with E-state index >= 15 is 0 Å². The predicted octanol–water partition coefficient (Wildman–Crippen LogP) is 25.9. The van der Waals surface area contributed by atoms with E-state index in [4.69, 9.17) is 182 Å². The molecule has 1 unspecified atom stereocenters. The van der Waals surface area contributed by atoms with E-state index in [2.05, 4.69) is 145 Å². The van der Waals surface area contributed by atoms with Crippen LogP contribution in [0.3, 0.4) is 0 Å². The molecule has 0 aromatic heterocycles. The number of para-hydroxylation sites is 2. The zero-order chi connectivity index (χ0) is 96.4. The lowest BCUT2D eigenvalue weighted by molar-refractivity contribution is -0.324. The van der Waals surface area contributed by atoms with Gasteiger partial charge in [-0.25, -0.2) is 4.79 Å². The van der Waals surface area contributed by atoms with Crippen LogP contribution in [0.15, 0.2) is 291 Å². The lowest BCUT2D eigenvalue weighted by atomic mass is 9.79. The molecule has 6 aliphatic heterocycles. The average Bonchev–Trinajstić information content (AvgIpc) is 1.57. The van der Waals surface area contributed by atoms with Gasteiger partial charge in [-0.15, -0.1) is 0 Å². The second-order valence-electron chi connectivity index (χ2n) is 27.4. The van der Waals surface area contributed by atoms with Gasteiger partial charge in [-0.3, -0.25) is 19.2 Å². The van der Waals surface area contributed by atoms with Gasteiger partial charge in [-0.2, -0.15) is 0 Å². The van der Waals surface area contributed by atoms with Crippen molar-refractivity contribution < 1.29 is 77.2 Å². The van der Waals surface area contributed by atoms with Crippen LogP contribution in [0.1, 0.15) is 185 Å². The zero-order valence-corrected chi connectivity index (χ0v) is 82.8. The minimum absolute atomic E-state index is 0.179. The zero-order valence-electron chi connectivity index (χ0n) is 73.7. The highest BCUT2D eigenvalue weighted by Crippen LogP contribution is 2.51. The number of carboxylic acids is 1. The first-order valence-corrected chi connectivity index (χ1v) is 46.2. The number of cyclic esters (lactones) is 1. The van der Waals surface area contributed by atoms with Crippen molar-refractivity contribution in [1.29, 1.82) is 0 Å². The van der Waals surface area contributed by atoms with Gasteiger partial charge in [0.2, 0.25) is 17.2 Å². The van der Waals surface area contributed by atoms with Gasteiger partial charge in [0, 0.05) is 38.4 Å². The summed E-state index contributed by atoms with van der Waals surface area (Å²) in [6.45, 7) is 26.0. The van der Waals surface area contributed by atoms with E-state index < -0.39 is 69.1 Å². The van der Waals surface area contributed by atoms with Crippen molar-refractivity contribution in [2.24, 2.45) is 0 Å². The number of halogens is 12. The first-order chi connectivity index (χ1) is 61.3. The number of nitrogens with zero attached hydrogens (tertiary/aromatic N) is 2. The quantitative estimate of drug-likeness (QED) is 0.0327. The van der Waals surface area contributed by atoms with Crippen molar-refractivity contribution in [3.63, 3.8) is 0 Å². The summed E-state index contributed by atoms with van der Waals surface area (Å²) in [6.07, 6.45) is 1.69. The number of aliphatic hydroxyl groups is 3. The van der Waals surface area contributed by atoms with E-state index in [1.165, 1.54) is 67.8 Å². The maximum absolute atomic E-state index is 11.6. The standard InChI is InChI=1S/2C18H20BNO.C12H10O6.3C8H7Cl3O.C8H5Cl3O.C6H4BO2.C2H4O2.4C2H6/c2*1-19-20-14-8-13-17(20)18(21-19,15-9-4-2-5-10-15)16-11-6-3-7-12-16;1-7(13)16-12(17-8(2)14)10-6-4-3-5-9(10)11(15)18-12;4*9-8(10,11)7(12)6-4-2-1-3-5-6;1-2-4-6-5(3-1)8-7-9-6;1-2(3)4;4*1-2/h2*2-7,9-12,17H,8,13-14H2,1H3;3-6H,1-2H3;3*1-5,7,12H;1-5H;1-4H;1H3,(H,3,4);4*1-2H3/t2*17-;;2*7-;;;;;;;;/m10.10......../s1. The van der Waals surface area contributed by atoms with Gasteiger partial charge < -0.3 is 62.9 Å². The molecule has 0 aliphatic carbocycles. The number of hydrogen-bond acceptors (Lipinski definition) is 17. The Bertz CT molecular complexity index is 4520. The minimum atomic E-state index is -2.11. The van der Waals surface area contributed by atoms with Crippen LogP contribution in [0.25, 0.3) is 0 Å². The Morgan fingerprint density at radius 2 is 0.667 bits per heavy atom. The largest absolute Gasteiger partial charge is 0.658 e. The molecule has 1 radical (unpaired) electrons. The monoisotopic (exact) mass is 2000 g/mol. The highest BCUT2D eigenvalue weighted by atomic mass is 35.6. The normalized spacial score (nSPS) is 16.4. The molecule has 129 heavy (non-hydrogen) atoms. The average molecular weight is 2000 g/mol. The van der Waals surface area contributed by atoms with E-state index in [9.17, 15) is 34.5 Å². The SMILES string of the molecule is CB1OC(c2ccccc2)(c2ccccc2)[C@@H]2CCCN12.CB1OC(c2ccccc2)(c2ccccc2)[C@H]2CCCN12.CC.CC.CC.CC.CC(=O)O.CC(=O)OC1(OC(C)=O)OC(=O)c2ccccc21.O=C(c1ccccc1)C(Cl)(Cl)Cl.OC(c1ccccc1)C(Cl)(Cl)Cl.O[C@@H](c1ccccc1)C(Cl)(Cl)Cl.O[C@H](c1ccccc1)C(Cl)(Cl)Cl.[B]1Oc2ccccc2O1. The summed E-state index contributed by atoms with van der Waals surface area (Å²) in [7, 11) is 1.68. The number of rotatable bonds is 10. The summed E-state index contributed by atoms with van der Waals surface area (Å²) in [5.74, 6) is -4.05. The smallest absolute Gasteiger partial charge is 0.524 e. The summed E-state index contributed by atoms with van der Waals surface area (Å²) < 4.78 is 31.0. The topological polar surface area (TPSA) is 237 Å². The van der Waals surface area contributed by atoms with E-state index in [0.29, 0.717) is 34.3 Å². The Morgan fingerprint density at radius 1 is 0.411 bits per heavy atom. The number of esters is 3. The Labute approximate surface area is 820 Å². The fraction of sp³-hybridized carbons (Fsp3) is 0.323. The van der Waals surface area contributed by atoms with E-state index in [-0.39, 0.29) is 36.4 Å². The molecular weight excluding hydrogens is 1890 g/mol. The number of aliphatic carboxylic acids is 1. The van der Waals surface area contributed by atoms with Gasteiger partial charge >= 0.3 is 45.7 Å². The van der Waals surface area contributed by atoms with Gasteiger partial charge in [0.25, 0.3) is 9.76 Å². The van der Waals surface area contributed by atoms with Crippen molar-refractivity contribution >= 4 is 191 Å². The summed E-state index contributed by atoms with van der Waals surface area (Å²) >= 11 is 65.7. The van der Waals surface area contributed by atoms with E-state index in [1.807, 2.05) is 97.9 Å². The Morgan fingerprint density at radius 3 is 0.938 bits per heavy atom. The number of benzene rings is 10. The molecule has 33 heteroatoms. The van der Waals surface area contributed by atoms with Gasteiger partial charge in [-0.1, -0.05) is 462 Å². The van der Waals surface area contributed by atoms with Crippen LogP contribution in [0.4, 0.5) is 0 Å². The molecule has 16 rings (SSSR count). The van der Waals surface area contributed by atoms with Crippen LogP contribution in [0.5, 0.6) is 11.5 Å². The molecule has 0 spiro atoms. The van der Waals surface area contributed by atoms with Crippen LogP contribution in [-0.4, -0.2) is 122 Å². The number of ketones is 1. The Balaban J connectivity index is 0.000000307. The van der Waals surface area contributed by atoms with Gasteiger partial charge in [-0.05, 0) is 116 Å². The summed E-state index contributed by atoms with van der Waals surface area (Å²) in [6, 6.07) is 92.3. The highest BCUT2D eigenvalue weighted by molar-refractivity contribution is 6.77. The molecule has 4 N–H and O–H groups in total. The number of carbonyl (C=O) groups excluding carboxylic acids is 4. The first-order valence-electron chi connectivity index (χ1n) is 41.7. The number of fused-ring (bicyclic) bond motifs is 4. The molecule has 5 atom stereocenters. The Hall–Kier alpha value is -7.26. The minimum Gasteiger partial charge on any atom is -0.524 e. The molecule has 4 saturated heterocycles. The van der Waals surface area contributed by atoms with Crippen molar-refractivity contribution in [1.82, 2.24) is 9.62 Å². The molecule has 18 nitrogen and oxygen atoms in total. The van der Waals surface area contributed by atoms with Gasteiger partial charge in [0.1, 0.15) is 41.0 Å². The number of carboxylic acid groups (broad SMARTS) is 1. The van der Waals surface area contributed by atoms with E-state index in [1.54, 1.807) is 115 Å². The molecule has 6 aliphatic rings. The summed E-state index contributed by atoms with van der Waals surface area (Å²) in [5, 5.41) is 35.8. The first kappa shape index (κ1) is 114. The predicted molar refractivity (Wildman–Crippen MR) is 528 cm³/mol. The third-order valence-electron chi connectivity index (χ3n) is 19.0. The molecule has 0 saturated carbocycles. The lowest BCUT2D eigenvalue weighted by Crippen LogP contribution is -2.41.